The Balaban J connectivity index is 2.09. The highest BCUT2D eigenvalue weighted by molar-refractivity contribution is 9.10. The fourth-order valence-corrected chi connectivity index (χ4v) is 2.52. The van der Waals surface area contributed by atoms with Gasteiger partial charge in [-0.1, -0.05) is 18.2 Å². The van der Waals surface area contributed by atoms with Crippen LogP contribution >= 0.6 is 27.3 Å². The summed E-state index contributed by atoms with van der Waals surface area (Å²) in [5.74, 6) is -0.224. The molecule has 0 aliphatic carbocycles. The zero-order chi connectivity index (χ0) is 13.0. The molecule has 0 aliphatic heterocycles. The quantitative estimate of drug-likeness (QED) is 0.680. The normalized spacial score (nSPS) is 11.3. The smallest absolute Gasteiger partial charge is 0.267 e. The average Bonchev–Trinajstić information content (AvgIpc) is 2.90. The maximum atomic E-state index is 11.9. The summed E-state index contributed by atoms with van der Waals surface area (Å²) >= 11 is 4.93. The van der Waals surface area contributed by atoms with Crippen LogP contribution in [0.3, 0.4) is 0 Å². The topological polar surface area (TPSA) is 41.5 Å². The Hall–Kier alpha value is -1.46. The van der Waals surface area contributed by atoms with Crippen molar-refractivity contribution in [1.29, 1.82) is 0 Å². The van der Waals surface area contributed by atoms with Crippen molar-refractivity contribution in [2.24, 2.45) is 5.10 Å². The van der Waals surface area contributed by atoms with E-state index in [0.717, 1.165) is 15.1 Å². The number of hydrogen-bond acceptors (Lipinski definition) is 3. The van der Waals surface area contributed by atoms with Crippen molar-refractivity contribution in [3.63, 3.8) is 0 Å². The minimum Gasteiger partial charge on any atom is -0.267 e. The Bertz CT molecular complexity index is 578. The molecule has 92 valence electrons. The number of benzene rings is 1. The molecule has 0 bridgehead atoms. The van der Waals surface area contributed by atoms with E-state index in [0.29, 0.717) is 5.56 Å². The number of nitrogens with zero attached hydrogens (tertiary/aromatic N) is 1. The van der Waals surface area contributed by atoms with E-state index in [1.54, 1.807) is 17.4 Å². The highest BCUT2D eigenvalue weighted by Gasteiger charge is 2.08. The summed E-state index contributed by atoms with van der Waals surface area (Å²) < 4.78 is 0.756. The first-order valence-corrected chi connectivity index (χ1v) is 6.99. The lowest BCUT2D eigenvalue weighted by Gasteiger charge is -2.03. The Morgan fingerprint density at radius 2 is 2.06 bits per heavy atom. The van der Waals surface area contributed by atoms with Gasteiger partial charge in [0.2, 0.25) is 0 Å². The number of thiophene rings is 1. The molecule has 0 radical (unpaired) electrons. The number of rotatable bonds is 3. The predicted molar refractivity (Wildman–Crippen MR) is 78.1 cm³/mol. The van der Waals surface area contributed by atoms with Crippen LogP contribution < -0.4 is 5.43 Å². The maximum Gasteiger partial charge on any atom is 0.272 e. The van der Waals surface area contributed by atoms with Crippen molar-refractivity contribution in [1.82, 2.24) is 5.43 Å². The van der Waals surface area contributed by atoms with E-state index in [1.807, 2.05) is 42.6 Å². The van der Waals surface area contributed by atoms with Gasteiger partial charge in [-0.05, 0) is 46.4 Å². The molecule has 3 nitrogen and oxygen atoms in total. The van der Waals surface area contributed by atoms with Crippen LogP contribution in [0.1, 0.15) is 22.2 Å². The molecule has 1 N–H and O–H groups in total. The standard InChI is InChI=1S/C13H11BrN2OS/c1-9(12-7-4-8-18-12)15-16-13(17)10-5-2-3-6-11(10)14/h2-8H,1H3,(H,16,17)/b15-9-. The highest BCUT2D eigenvalue weighted by atomic mass is 79.9. The fourth-order valence-electron chi connectivity index (χ4n) is 1.38. The van der Waals surface area contributed by atoms with Gasteiger partial charge in [-0.15, -0.1) is 11.3 Å². The first-order valence-electron chi connectivity index (χ1n) is 5.31. The third-order valence-corrected chi connectivity index (χ3v) is 3.99. The zero-order valence-electron chi connectivity index (χ0n) is 9.68. The van der Waals surface area contributed by atoms with Crippen LogP contribution in [0.25, 0.3) is 0 Å². The number of carbonyl (C=O) groups excluding carboxylic acids is 1. The molecule has 2 rings (SSSR count). The third-order valence-electron chi connectivity index (χ3n) is 2.32. The number of nitrogens with one attached hydrogen (secondary N) is 1. The van der Waals surface area contributed by atoms with Gasteiger partial charge >= 0.3 is 0 Å². The van der Waals surface area contributed by atoms with Crippen LogP contribution in [-0.4, -0.2) is 11.6 Å². The molecule has 0 saturated heterocycles. The van der Waals surface area contributed by atoms with E-state index in [1.165, 1.54) is 0 Å². The summed E-state index contributed by atoms with van der Waals surface area (Å²) in [4.78, 5) is 12.9. The van der Waals surface area contributed by atoms with Crippen molar-refractivity contribution < 1.29 is 4.79 Å². The molecule has 1 heterocycles. The molecule has 5 heteroatoms. The number of hydrazone groups is 1. The van der Waals surface area contributed by atoms with E-state index < -0.39 is 0 Å². The van der Waals surface area contributed by atoms with E-state index in [4.69, 9.17) is 0 Å². The second kappa shape index (κ2) is 5.93. The number of halogens is 1. The SMILES string of the molecule is C/C(=N/NC(=O)c1ccccc1Br)c1cccs1. The Labute approximate surface area is 118 Å². The lowest BCUT2D eigenvalue weighted by Crippen LogP contribution is -2.19. The summed E-state index contributed by atoms with van der Waals surface area (Å²) in [6.45, 7) is 1.87. The lowest BCUT2D eigenvalue weighted by atomic mass is 10.2. The van der Waals surface area contributed by atoms with Crippen molar-refractivity contribution in [2.75, 3.05) is 0 Å². The van der Waals surface area contributed by atoms with Crippen LogP contribution in [0.15, 0.2) is 51.4 Å². The second-order valence-electron chi connectivity index (χ2n) is 3.60. The van der Waals surface area contributed by atoms with Crippen LogP contribution in [0.2, 0.25) is 0 Å². The van der Waals surface area contributed by atoms with Crippen molar-refractivity contribution in [3.05, 3.63) is 56.7 Å². The molecule has 0 atom stereocenters. The summed E-state index contributed by atoms with van der Waals surface area (Å²) in [5.41, 5.74) is 3.92. The van der Waals surface area contributed by atoms with Gasteiger partial charge in [-0.2, -0.15) is 5.10 Å². The third kappa shape index (κ3) is 3.05. The Morgan fingerprint density at radius 1 is 1.28 bits per heavy atom. The average molecular weight is 323 g/mol. The molecule has 0 unspecified atom stereocenters. The monoisotopic (exact) mass is 322 g/mol. The fraction of sp³-hybridized carbons (Fsp3) is 0.0769. The minimum atomic E-state index is -0.224. The van der Waals surface area contributed by atoms with E-state index in [-0.39, 0.29) is 5.91 Å². The molecule has 1 aromatic carbocycles. The van der Waals surface area contributed by atoms with Crippen LogP contribution in [0, 0.1) is 0 Å². The first-order chi connectivity index (χ1) is 8.68. The summed E-state index contributed by atoms with van der Waals surface area (Å²) in [6, 6.07) is 11.2. The van der Waals surface area contributed by atoms with Gasteiger partial charge in [0.15, 0.2) is 0 Å². The number of hydrogen-bond donors (Lipinski definition) is 1. The first kappa shape index (κ1) is 13.0. The Kier molecular flexibility index (Phi) is 4.28. The van der Waals surface area contributed by atoms with E-state index >= 15 is 0 Å². The van der Waals surface area contributed by atoms with Gasteiger partial charge in [0, 0.05) is 9.35 Å². The molecule has 1 amide bonds. The lowest BCUT2D eigenvalue weighted by molar-refractivity contribution is 0.0954. The molecule has 18 heavy (non-hydrogen) atoms. The van der Waals surface area contributed by atoms with Crippen LogP contribution in [0.5, 0.6) is 0 Å². The molecular weight excluding hydrogens is 312 g/mol. The van der Waals surface area contributed by atoms with Gasteiger partial charge in [0.25, 0.3) is 5.91 Å². The molecular formula is C13H11BrN2OS. The zero-order valence-corrected chi connectivity index (χ0v) is 12.1. The summed E-state index contributed by atoms with van der Waals surface area (Å²) in [7, 11) is 0. The van der Waals surface area contributed by atoms with E-state index in [9.17, 15) is 4.79 Å². The number of amides is 1. The molecule has 1 aromatic heterocycles. The van der Waals surface area contributed by atoms with Crippen molar-refractivity contribution in [2.45, 2.75) is 6.92 Å². The molecule has 0 fully saturated rings. The Morgan fingerprint density at radius 3 is 2.72 bits per heavy atom. The van der Waals surface area contributed by atoms with Crippen LogP contribution in [-0.2, 0) is 0 Å². The van der Waals surface area contributed by atoms with Gasteiger partial charge in [0.05, 0.1) is 11.3 Å². The number of carbonyl (C=O) groups is 1. The van der Waals surface area contributed by atoms with Gasteiger partial charge < -0.3 is 0 Å². The molecule has 0 saturated carbocycles. The predicted octanol–water partition coefficient (Wildman–Crippen LogP) is 3.66. The summed E-state index contributed by atoms with van der Waals surface area (Å²) in [6.07, 6.45) is 0. The maximum absolute atomic E-state index is 11.9. The second-order valence-corrected chi connectivity index (χ2v) is 5.40. The van der Waals surface area contributed by atoms with Gasteiger partial charge in [-0.25, -0.2) is 5.43 Å². The summed E-state index contributed by atoms with van der Waals surface area (Å²) in [5, 5.41) is 6.07. The highest BCUT2D eigenvalue weighted by Crippen LogP contribution is 2.15. The van der Waals surface area contributed by atoms with E-state index in [2.05, 4.69) is 26.5 Å². The molecule has 2 aromatic rings. The van der Waals surface area contributed by atoms with Crippen LogP contribution in [0.4, 0.5) is 0 Å². The molecule has 0 spiro atoms. The molecule has 0 aliphatic rings. The van der Waals surface area contributed by atoms with Gasteiger partial charge in [-0.3, -0.25) is 4.79 Å². The van der Waals surface area contributed by atoms with Crippen molar-refractivity contribution in [3.8, 4) is 0 Å². The van der Waals surface area contributed by atoms with Gasteiger partial charge in [0.1, 0.15) is 0 Å². The van der Waals surface area contributed by atoms with Crippen molar-refractivity contribution >= 4 is 38.9 Å². The minimum absolute atomic E-state index is 0.224. The largest absolute Gasteiger partial charge is 0.272 e.